The SMILES string of the molecule is O=C(N[C@H](CCCP(=O)(O)O)CCc1ccccc1)C(Cc1ccccc1)NC(=O)N1CCOCC1. The van der Waals surface area contributed by atoms with Gasteiger partial charge < -0.3 is 30.1 Å². The lowest BCUT2D eigenvalue weighted by molar-refractivity contribution is -0.123. The fourth-order valence-electron chi connectivity index (χ4n) is 4.19. The molecule has 1 heterocycles. The molecule has 3 amide bonds. The second-order valence-corrected chi connectivity index (χ2v) is 10.8. The summed E-state index contributed by atoms with van der Waals surface area (Å²) in [6, 6.07) is 18.0. The zero-order valence-electron chi connectivity index (χ0n) is 20.4. The van der Waals surface area contributed by atoms with E-state index in [1.165, 1.54) is 0 Å². The summed E-state index contributed by atoms with van der Waals surface area (Å²) >= 11 is 0. The van der Waals surface area contributed by atoms with Crippen LogP contribution >= 0.6 is 7.60 Å². The molecule has 0 saturated carbocycles. The first kappa shape index (κ1) is 27.9. The number of hydrogen-bond acceptors (Lipinski definition) is 4. The van der Waals surface area contributed by atoms with E-state index >= 15 is 0 Å². The maximum atomic E-state index is 13.4. The van der Waals surface area contributed by atoms with Crippen molar-refractivity contribution in [3.8, 4) is 0 Å². The summed E-state index contributed by atoms with van der Waals surface area (Å²) in [4.78, 5) is 46.5. The highest BCUT2D eigenvalue weighted by molar-refractivity contribution is 7.51. The Morgan fingerprint density at radius 1 is 0.917 bits per heavy atom. The Labute approximate surface area is 212 Å². The summed E-state index contributed by atoms with van der Waals surface area (Å²) in [6.45, 7) is 1.86. The van der Waals surface area contributed by atoms with E-state index < -0.39 is 13.6 Å². The number of hydrogen-bond donors (Lipinski definition) is 4. The zero-order valence-corrected chi connectivity index (χ0v) is 21.3. The maximum Gasteiger partial charge on any atom is 0.325 e. The minimum Gasteiger partial charge on any atom is -0.378 e. The number of ether oxygens (including phenoxy) is 1. The fraction of sp³-hybridized carbons (Fsp3) is 0.462. The van der Waals surface area contributed by atoms with Crippen molar-refractivity contribution >= 4 is 19.5 Å². The van der Waals surface area contributed by atoms with Crippen LogP contribution in [-0.4, -0.2) is 71.2 Å². The van der Waals surface area contributed by atoms with Crippen LogP contribution in [0, 0.1) is 0 Å². The van der Waals surface area contributed by atoms with Gasteiger partial charge in [0.2, 0.25) is 5.91 Å². The molecule has 36 heavy (non-hydrogen) atoms. The van der Waals surface area contributed by atoms with Gasteiger partial charge in [0.15, 0.2) is 0 Å². The molecule has 0 aliphatic carbocycles. The highest BCUT2D eigenvalue weighted by Crippen LogP contribution is 2.35. The number of aryl methyl sites for hydroxylation is 1. The Morgan fingerprint density at radius 3 is 2.14 bits per heavy atom. The van der Waals surface area contributed by atoms with Crippen LogP contribution in [0.1, 0.15) is 30.4 Å². The molecule has 1 fully saturated rings. The smallest absolute Gasteiger partial charge is 0.325 e. The van der Waals surface area contributed by atoms with Crippen molar-refractivity contribution in [3.05, 3.63) is 71.8 Å². The summed E-state index contributed by atoms with van der Waals surface area (Å²) in [7, 11) is -4.12. The molecule has 2 aromatic rings. The van der Waals surface area contributed by atoms with E-state index in [1.54, 1.807) is 4.90 Å². The molecule has 10 heteroatoms. The van der Waals surface area contributed by atoms with Gasteiger partial charge in [0.25, 0.3) is 0 Å². The molecule has 1 aliphatic rings. The van der Waals surface area contributed by atoms with Gasteiger partial charge in [-0.05, 0) is 36.8 Å². The van der Waals surface area contributed by atoms with Crippen molar-refractivity contribution in [2.75, 3.05) is 32.5 Å². The lowest BCUT2D eigenvalue weighted by Gasteiger charge is -2.30. The number of nitrogens with one attached hydrogen (secondary N) is 2. The molecule has 2 atom stereocenters. The number of carbonyl (C=O) groups excluding carboxylic acids is 2. The normalized spacial score (nSPS) is 15.7. The van der Waals surface area contributed by atoms with E-state index in [9.17, 15) is 23.9 Å². The van der Waals surface area contributed by atoms with Crippen LogP contribution in [0.5, 0.6) is 0 Å². The Morgan fingerprint density at radius 2 is 1.53 bits per heavy atom. The number of rotatable bonds is 12. The molecule has 2 aromatic carbocycles. The monoisotopic (exact) mass is 517 g/mol. The van der Waals surface area contributed by atoms with Gasteiger partial charge >= 0.3 is 13.6 Å². The molecule has 3 rings (SSSR count). The Kier molecular flexibility index (Phi) is 10.9. The summed E-state index contributed by atoms with van der Waals surface area (Å²) in [6.07, 6.45) is 2.15. The number of amides is 3. The second kappa shape index (κ2) is 14.1. The third kappa shape index (κ3) is 10.1. The van der Waals surface area contributed by atoms with Crippen LogP contribution in [0.15, 0.2) is 60.7 Å². The lowest BCUT2D eigenvalue weighted by Crippen LogP contribution is -2.55. The van der Waals surface area contributed by atoms with Crippen molar-refractivity contribution in [3.63, 3.8) is 0 Å². The van der Waals surface area contributed by atoms with Crippen LogP contribution in [0.2, 0.25) is 0 Å². The van der Waals surface area contributed by atoms with Gasteiger partial charge in [0.05, 0.1) is 13.2 Å². The van der Waals surface area contributed by atoms with E-state index in [-0.39, 0.29) is 30.6 Å². The molecular weight excluding hydrogens is 481 g/mol. The van der Waals surface area contributed by atoms with Crippen LogP contribution < -0.4 is 10.6 Å². The molecule has 0 radical (unpaired) electrons. The number of morpholine rings is 1. The molecular formula is C26H36N3O6P. The van der Waals surface area contributed by atoms with Crippen molar-refractivity contribution in [2.24, 2.45) is 0 Å². The van der Waals surface area contributed by atoms with E-state index in [2.05, 4.69) is 10.6 Å². The van der Waals surface area contributed by atoms with Gasteiger partial charge in [-0.3, -0.25) is 9.36 Å². The topological polar surface area (TPSA) is 128 Å². The molecule has 1 unspecified atom stereocenters. The first-order valence-corrected chi connectivity index (χ1v) is 14.2. The van der Waals surface area contributed by atoms with Gasteiger partial charge in [-0.2, -0.15) is 0 Å². The highest BCUT2D eigenvalue weighted by Gasteiger charge is 2.27. The summed E-state index contributed by atoms with van der Waals surface area (Å²) in [5.74, 6) is -0.310. The summed E-state index contributed by atoms with van der Waals surface area (Å²) in [5.41, 5.74) is 2.04. The molecule has 0 spiro atoms. The average molecular weight is 518 g/mol. The Bertz CT molecular complexity index is 995. The van der Waals surface area contributed by atoms with E-state index in [4.69, 9.17) is 4.74 Å². The molecule has 196 valence electrons. The predicted octanol–water partition coefficient (Wildman–Crippen LogP) is 2.72. The van der Waals surface area contributed by atoms with Gasteiger partial charge in [0.1, 0.15) is 6.04 Å². The fourth-order valence-corrected chi connectivity index (χ4v) is 4.78. The third-order valence-corrected chi connectivity index (χ3v) is 7.07. The van der Waals surface area contributed by atoms with Gasteiger partial charge in [-0.15, -0.1) is 0 Å². The molecule has 1 aliphatic heterocycles. The van der Waals surface area contributed by atoms with Crippen molar-refractivity contribution in [2.45, 2.75) is 44.2 Å². The van der Waals surface area contributed by atoms with Crippen LogP contribution in [0.3, 0.4) is 0 Å². The molecule has 1 saturated heterocycles. The minimum absolute atomic E-state index is 0.230. The van der Waals surface area contributed by atoms with Gasteiger partial charge in [-0.1, -0.05) is 60.7 Å². The van der Waals surface area contributed by atoms with Crippen LogP contribution in [0.4, 0.5) is 4.79 Å². The maximum absolute atomic E-state index is 13.4. The lowest BCUT2D eigenvalue weighted by atomic mass is 10.0. The van der Waals surface area contributed by atoms with Crippen molar-refractivity contribution < 1.29 is 28.7 Å². The third-order valence-electron chi connectivity index (χ3n) is 6.17. The predicted molar refractivity (Wildman–Crippen MR) is 138 cm³/mol. The quantitative estimate of drug-likeness (QED) is 0.321. The van der Waals surface area contributed by atoms with E-state index in [0.29, 0.717) is 52.0 Å². The zero-order chi connectivity index (χ0) is 25.8. The second-order valence-electron chi connectivity index (χ2n) is 9.05. The summed E-state index contributed by atoms with van der Waals surface area (Å²) in [5, 5.41) is 5.94. The summed E-state index contributed by atoms with van der Waals surface area (Å²) < 4.78 is 16.7. The Hall–Kier alpha value is -2.71. The number of nitrogens with zero attached hydrogens (tertiary/aromatic N) is 1. The molecule has 0 aromatic heterocycles. The molecule has 9 nitrogen and oxygen atoms in total. The standard InChI is InChI=1S/C26H36N3O6P/c30-25(27-23(12-7-19-36(32,33)34)14-13-21-8-3-1-4-9-21)24(20-22-10-5-2-6-11-22)28-26(31)29-15-17-35-18-16-29/h1-6,8-11,23-24H,7,12-20H2,(H,27,30)(H,28,31)(H2,32,33,34)/t23-,24?/m1/s1. The largest absolute Gasteiger partial charge is 0.378 e. The number of carbonyl (C=O) groups is 2. The van der Waals surface area contributed by atoms with E-state index in [1.807, 2.05) is 60.7 Å². The van der Waals surface area contributed by atoms with E-state index in [0.717, 1.165) is 11.1 Å². The number of benzene rings is 2. The van der Waals surface area contributed by atoms with Gasteiger partial charge in [-0.25, -0.2) is 4.79 Å². The van der Waals surface area contributed by atoms with Crippen LogP contribution in [-0.2, 0) is 26.9 Å². The molecule has 4 N–H and O–H groups in total. The average Bonchev–Trinajstić information content (AvgIpc) is 2.87. The Balaban J connectivity index is 1.69. The van der Waals surface area contributed by atoms with Crippen molar-refractivity contribution in [1.29, 1.82) is 0 Å². The van der Waals surface area contributed by atoms with Gasteiger partial charge in [0, 0.05) is 31.7 Å². The molecule has 0 bridgehead atoms. The van der Waals surface area contributed by atoms with Crippen molar-refractivity contribution in [1.82, 2.24) is 15.5 Å². The van der Waals surface area contributed by atoms with Crippen LogP contribution in [0.25, 0.3) is 0 Å². The first-order valence-electron chi connectivity index (χ1n) is 12.4. The minimum atomic E-state index is -4.12. The highest BCUT2D eigenvalue weighted by atomic mass is 31.2. The number of urea groups is 1. The first-order chi connectivity index (χ1) is 17.3.